The first-order valence-corrected chi connectivity index (χ1v) is 9.58. The van der Waals surface area contributed by atoms with Crippen LogP contribution in [0.2, 0.25) is 5.02 Å². The monoisotopic (exact) mass is 406 g/mol. The average Bonchev–Trinajstić information content (AvgIpc) is 2.60. The first-order chi connectivity index (χ1) is 13.3. The Labute approximate surface area is 169 Å². The molecule has 7 heteroatoms. The van der Waals surface area contributed by atoms with E-state index in [2.05, 4.69) is 5.32 Å². The van der Waals surface area contributed by atoms with Crippen molar-refractivity contribution >= 4 is 28.9 Å². The van der Waals surface area contributed by atoms with Gasteiger partial charge in [0.15, 0.2) is 6.61 Å². The second-order valence-corrected chi connectivity index (χ2v) is 7.51. The fourth-order valence-corrected chi connectivity index (χ4v) is 3.56. The van der Waals surface area contributed by atoms with Gasteiger partial charge in [-0.1, -0.05) is 11.6 Å². The summed E-state index contributed by atoms with van der Waals surface area (Å²) in [6, 6.07) is 9.86. The smallest absolute Gasteiger partial charge is 0.262 e. The van der Waals surface area contributed by atoms with Gasteiger partial charge in [-0.3, -0.25) is 4.79 Å². The van der Waals surface area contributed by atoms with E-state index >= 15 is 0 Å². The lowest BCUT2D eigenvalue weighted by Gasteiger charge is -2.37. The zero-order chi connectivity index (χ0) is 20.3. The summed E-state index contributed by atoms with van der Waals surface area (Å²) in [5.74, 6) is -0.166. The van der Waals surface area contributed by atoms with Gasteiger partial charge < -0.3 is 19.7 Å². The van der Waals surface area contributed by atoms with Gasteiger partial charge in [-0.2, -0.15) is 0 Å². The van der Waals surface area contributed by atoms with Crippen molar-refractivity contribution in [3.63, 3.8) is 0 Å². The van der Waals surface area contributed by atoms with Crippen molar-refractivity contribution in [3.8, 4) is 5.75 Å². The molecule has 0 aliphatic carbocycles. The van der Waals surface area contributed by atoms with E-state index in [0.717, 1.165) is 5.56 Å². The maximum Gasteiger partial charge on any atom is 0.262 e. The Hall–Kier alpha value is -2.31. The lowest BCUT2D eigenvalue weighted by Crippen LogP contribution is -2.45. The van der Waals surface area contributed by atoms with Crippen LogP contribution in [0.3, 0.4) is 0 Å². The number of rotatable bonds is 5. The number of ether oxygens (including phenoxy) is 2. The van der Waals surface area contributed by atoms with Crippen LogP contribution >= 0.6 is 11.6 Å². The summed E-state index contributed by atoms with van der Waals surface area (Å²) >= 11 is 5.91. The molecule has 28 heavy (non-hydrogen) atoms. The van der Waals surface area contributed by atoms with Crippen LogP contribution in [0.15, 0.2) is 36.4 Å². The van der Waals surface area contributed by atoms with E-state index in [1.807, 2.05) is 25.7 Å². The second kappa shape index (κ2) is 8.80. The summed E-state index contributed by atoms with van der Waals surface area (Å²) in [5.41, 5.74) is 1.73. The topological polar surface area (TPSA) is 50.8 Å². The summed E-state index contributed by atoms with van der Waals surface area (Å²) in [6.07, 6.45) is 0.0759. The fourth-order valence-electron chi connectivity index (χ4n) is 3.33. The van der Waals surface area contributed by atoms with Gasteiger partial charge in [0, 0.05) is 23.8 Å². The van der Waals surface area contributed by atoms with E-state index in [4.69, 9.17) is 21.1 Å². The van der Waals surface area contributed by atoms with E-state index in [9.17, 15) is 9.18 Å². The highest BCUT2D eigenvalue weighted by molar-refractivity contribution is 6.30. The maximum absolute atomic E-state index is 14.6. The molecule has 0 aromatic heterocycles. The average molecular weight is 407 g/mol. The van der Waals surface area contributed by atoms with Crippen LogP contribution in [0, 0.1) is 12.7 Å². The molecule has 1 N–H and O–H groups in total. The minimum absolute atomic E-state index is 0.0380. The van der Waals surface area contributed by atoms with Crippen molar-refractivity contribution in [2.45, 2.75) is 33.0 Å². The Morgan fingerprint density at radius 2 is 1.96 bits per heavy atom. The highest BCUT2D eigenvalue weighted by Crippen LogP contribution is 2.26. The molecule has 1 amide bonds. The molecule has 2 aromatic rings. The molecule has 2 aromatic carbocycles. The van der Waals surface area contributed by atoms with Gasteiger partial charge in [0.05, 0.1) is 17.9 Å². The summed E-state index contributed by atoms with van der Waals surface area (Å²) in [7, 11) is 0. The van der Waals surface area contributed by atoms with Crippen LogP contribution in [0.1, 0.15) is 19.4 Å². The molecule has 1 aliphatic heterocycles. The molecule has 1 saturated heterocycles. The molecule has 0 saturated carbocycles. The minimum Gasteiger partial charge on any atom is -0.483 e. The number of nitrogens with one attached hydrogen (secondary N) is 1. The Balaban J connectivity index is 1.60. The van der Waals surface area contributed by atoms with E-state index in [0.29, 0.717) is 35.2 Å². The highest BCUT2D eigenvalue weighted by atomic mass is 35.5. The normalized spacial score (nSPS) is 19.4. The molecular weight excluding hydrogens is 383 g/mol. The van der Waals surface area contributed by atoms with Crippen molar-refractivity contribution in [1.82, 2.24) is 0 Å². The van der Waals surface area contributed by atoms with E-state index < -0.39 is 0 Å². The number of hydrogen-bond donors (Lipinski definition) is 1. The molecular formula is C21H24ClFN2O3. The van der Waals surface area contributed by atoms with Crippen LogP contribution in [0.5, 0.6) is 5.75 Å². The zero-order valence-corrected chi connectivity index (χ0v) is 16.9. The Morgan fingerprint density at radius 3 is 2.61 bits per heavy atom. The molecule has 1 aliphatic rings. The van der Waals surface area contributed by atoms with Gasteiger partial charge in [0.1, 0.15) is 11.6 Å². The van der Waals surface area contributed by atoms with Crippen LogP contribution in [-0.2, 0) is 9.53 Å². The van der Waals surface area contributed by atoms with Crippen LogP contribution in [0.25, 0.3) is 0 Å². The van der Waals surface area contributed by atoms with Crippen molar-refractivity contribution < 1.29 is 18.7 Å². The lowest BCUT2D eigenvalue weighted by atomic mass is 10.2. The Bertz CT molecular complexity index is 852. The summed E-state index contributed by atoms with van der Waals surface area (Å²) < 4.78 is 25.8. The quantitative estimate of drug-likeness (QED) is 0.798. The van der Waals surface area contributed by atoms with Gasteiger partial charge >= 0.3 is 0 Å². The van der Waals surface area contributed by atoms with E-state index in [1.165, 1.54) is 6.07 Å². The van der Waals surface area contributed by atoms with Crippen LogP contribution in [0.4, 0.5) is 15.8 Å². The minimum atomic E-state index is -0.381. The number of aryl methyl sites for hydroxylation is 1. The predicted octanol–water partition coefficient (Wildman–Crippen LogP) is 4.42. The molecule has 2 unspecified atom stereocenters. The molecule has 0 bridgehead atoms. The van der Waals surface area contributed by atoms with Crippen LogP contribution < -0.4 is 15.0 Å². The maximum atomic E-state index is 14.6. The number of carbonyl (C=O) groups is 1. The standard InChI is InChI=1S/C21H24ClFN2O3/c1-13-8-16(22)4-7-20(13)27-12-21(26)24-17-5-6-19(18(23)9-17)25-10-14(2)28-15(3)11-25/h4-9,14-15H,10-12H2,1-3H3,(H,24,26). The number of morpholine rings is 1. The number of hydrogen-bond acceptors (Lipinski definition) is 4. The fraction of sp³-hybridized carbons (Fsp3) is 0.381. The van der Waals surface area contributed by atoms with Gasteiger partial charge in [-0.05, 0) is 62.7 Å². The van der Waals surface area contributed by atoms with Gasteiger partial charge in [0.25, 0.3) is 5.91 Å². The largest absolute Gasteiger partial charge is 0.483 e. The van der Waals surface area contributed by atoms with Crippen molar-refractivity contribution in [2.24, 2.45) is 0 Å². The third-order valence-electron chi connectivity index (χ3n) is 4.49. The molecule has 1 fully saturated rings. The summed E-state index contributed by atoms with van der Waals surface area (Å²) in [6.45, 7) is 6.86. The number of benzene rings is 2. The lowest BCUT2D eigenvalue weighted by molar-refractivity contribution is -0.118. The first kappa shape index (κ1) is 20.4. The number of nitrogens with zero attached hydrogens (tertiary/aromatic N) is 1. The summed E-state index contributed by atoms with van der Waals surface area (Å²) in [5, 5.41) is 3.26. The van der Waals surface area contributed by atoms with Gasteiger partial charge in [0.2, 0.25) is 0 Å². The van der Waals surface area contributed by atoms with E-state index in [-0.39, 0.29) is 30.5 Å². The van der Waals surface area contributed by atoms with Gasteiger partial charge in [-0.15, -0.1) is 0 Å². The molecule has 0 radical (unpaired) electrons. The molecule has 5 nitrogen and oxygen atoms in total. The molecule has 0 spiro atoms. The third-order valence-corrected chi connectivity index (χ3v) is 4.72. The molecule has 3 rings (SSSR count). The molecule has 2 atom stereocenters. The van der Waals surface area contributed by atoms with Crippen molar-refractivity contribution in [1.29, 1.82) is 0 Å². The Morgan fingerprint density at radius 1 is 1.25 bits per heavy atom. The second-order valence-electron chi connectivity index (χ2n) is 7.08. The van der Waals surface area contributed by atoms with Crippen molar-refractivity contribution in [3.05, 3.63) is 52.8 Å². The number of anilines is 2. The van der Waals surface area contributed by atoms with Crippen molar-refractivity contribution in [2.75, 3.05) is 29.9 Å². The number of amides is 1. The van der Waals surface area contributed by atoms with Crippen LogP contribution in [-0.4, -0.2) is 37.8 Å². The van der Waals surface area contributed by atoms with E-state index in [1.54, 1.807) is 30.3 Å². The number of halogens is 2. The summed E-state index contributed by atoms with van der Waals surface area (Å²) in [4.78, 5) is 14.1. The SMILES string of the molecule is Cc1cc(Cl)ccc1OCC(=O)Nc1ccc(N2CC(C)OC(C)C2)c(F)c1. The third kappa shape index (κ3) is 5.14. The molecule has 150 valence electrons. The number of carbonyl (C=O) groups excluding carboxylic acids is 1. The zero-order valence-electron chi connectivity index (χ0n) is 16.2. The molecule has 1 heterocycles. The predicted molar refractivity (Wildman–Crippen MR) is 109 cm³/mol. The Kier molecular flexibility index (Phi) is 6.42. The highest BCUT2D eigenvalue weighted by Gasteiger charge is 2.24. The first-order valence-electron chi connectivity index (χ1n) is 9.20. The van der Waals surface area contributed by atoms with Gasteiger partial charge in [-0.25, -0.2) is 4.39 Å².